The summed E-state index contributed by atoms with van der Waals surface area (Å²) in [5, 5.41) is 10.3. The SMILES string of the molecule is CC(O)(c1cncc(F)c1)c1cccc(F)c1F. The molecule has 0 saturated carbocycles. The minimum absolute atomic E-state index is 0.0481. The Bertz CT molecular complexity index is 584. The van der Waals surface area contributed by atoms with Gasteiger partial charge in [-0.2, -0.15) is 0 Å². The molecule has 94 valence electrons. The lowest BCUT2D eigenvalue weighted by molar-refractivity contribution is 0.0962. The van der Waals surface area contributed by atoms with E-state index in [1.807, 2.05) is 0 Å². The summed E-state index contributed by atoms with van der Waals surface area (Å²) in [6.45, 7) is 1.25. The third-order valence-corrected chi connectivity index (χ3v) is 2.74. The van der Waals surface area contributed by atoms with Crippen LogP contribution in [-0.4, -0.2) is 10.1 Å². The van der Waals surface area contributed by atoms with Crippen molar-refractivity contribution < 1.29 is 18.3 Å². The highest BCUT2D eigenvalue weighted by Crippen LogP contribution is 2.31. The zero-order chi connectivity index (χ0) is 13.3. The number of hydrogen-bond acceptors (Lipinski definition) is 2. The van der Waals surface area contributed by atoms with Crippen LogP contribution in [-0.2, 0) is 5.60 Å². The van der Waals surface area contributed by atoms with Crippen LogP contribution in [0, 0.1) is 17.5 Å². The molecule has 1 N–H and O–H groups in total. The highest BCUT2D eigenvalue weighted by Gasteiger charge is 2.30. The molecule has 0 spiro atoms. The largest absolute Gasteiger partial charge is 0.381 e. The van der Waals surface area contributed by atoms with Gasteiger partial charge in [0.15, 0.2) is 11.6 Å². The molecule has 0 aliphatic carbocycles. The maximum absolute atomic E-state index is 13.6. The topological polar surface area (TPSA) is 33.1 Å². The Kier molecular flexibility index (Phi) is 3.09. The van der Waals surface area contributed by atoms with E-state index in [0.717, 1.165) is 18.3 Å². The van der Waals surface area contributed by atoms with E-state index in [4.69, 9.17) is 0 Å². The summed E-state index contributed by atoms with van der Waals surface area (Å²) in [5.74, 6) is -2.89. The van der Waals surface area contributed by atoms with Crippen molar-refractivity contribution in [3.05, 3.63) is 65.2 Å². The van der Waals surface area contributed by atoms with Crippen LogP contribution in [0.2, 0.25) is 0 Å². The summed E-state index contributed by atoms with van der Waals surface area (Å²) >= 11 is 0. The van der Waals surface area contributed by atoms with Gasteiger partial charge in [-0.25, -0.2) is 13.2 Å². The minimum atomic E-state index is -1.86. The van der Waals surface area contributed by atoms with Crippen LogP contribution in [0.4, 0.5) is 13.2 Å². The molecule has 5 heteroatoms. The fraction of sp³-hybridized carbons (Fsp3) is 0.154. The first-order valence-electron chi connectivity index (χ1n) is 5.21. The summed E-state index contributed by atoms with van der Waals surface area (Å²) in [4.78, 5) is 3.58. The fourth-order valence-corrected chi connectivity index (χ4v) is 1.71. The maximum Gasteiger partial charge on any atom is 0.165 e. The Labute approximate surface area is 102 Å². The van der Waals surface area contributed by atoms with Gasteiger partial charge in [0.25, 0.3) is 0 Å². The van der Waals surface area contributed by atoms with Crippen molar-refractivity contribution in [2.75, 3.05) is 0 Å². The highest BCUT2D eigenvalue weighted by molar-refractivity contribution is 5.35. The second-order valence-electron chi connectivity index (χ2n) is 4.07. The predicted molar refractivity (Wildman–Crippen MR) is 59.2 cm³/mol. The van der Waals surface area contributed by atoms with E-state index < -0.39 is 23.1 Å². The van der Waals surface area contributed by atoms with Crippen LogP contribution < -0.4 is 0 Å². The molecular weight excluding hydrogens is 243 g/mol. The highest BCUT2D eigenvalue weighted by atomic mass is 19.2. The Balaban J connectivity index is 2.57. The smallest absolute Gasteiger partial charge is 0.165 e. The van der Waals surface area contributed by atoms with E-state index >= 15 is 0 Å². The molecular formula is C13H10F3NO. The maximum atomic E-state index is 13.6. The standard InChI is InChI=1S/C13H10F3NO/c1-13(18,8-5-9(14)7-17-6-8)10-3-2-4-11(15)12(10)16/h2-7,18H,1H3. The Hall–Kier alpha value is -1.88. The third-order valence-electron chi connectivity index (χ3n) is 2.74. The van der Waals surface area contributed by atoms with Gasteiger partial charge in [0.05, 0.1) is 6.20 Å². The van der Waals surface area contributed by atoms with Crippen LogP contribution in [0.3, 0.4) is 0 Å². The zero-order valence-corrected chi connectivity index (χ0v) is 9.49. The zero-order valence-electron chi connectivity index (χ0n) is 9.49. The quantitative estimate of drug-likeness (QED) is 0.892. The molecule has 1 atom stereocenters. The molecule has 18 heavy (non-hydrogen) atoms. The van der Waals surface area contributed by atoms with E-state index in [1.54, 1.807) is 0 Å². The number of hydrogen-bond donors (Lipinski definition) is 1. The van der Waals surface area contributed by atoms with E-state index in [0.29, 0.717) is 0 Å². The van der Waals surface area contributed by atoms with Gasteiger partial charge in [0.1, 0.15) is 11.4 Å². The van der Waals surface area contributed by atoms with Crippen molar-refractivity contribution in [1.82, 2.24) is 4.98 Å². The molecule has 0 fully saturated rings. The van der Waals surface area contributed by atoms with Gasteiger partial charge in [0, 0.05) is 17.3 Å². The minimum Gasteiger partial charge on any atom is -0.381 e. The van der Waals surface area contributed by atoms with Gasteiger partial charge in [-0.05, 0) is 19.1 Å². The molecule has 1 heterocycles. The van der Waals surface area contributed by atoms with E-state index in [1.165, 1.54) is 25.3 Å². The van der Waals surface area contributed by atoms with Gasteiger partial charge >= 0.3 is 0 Å². The van der Waals surface area contributed by atoms with Crippen LogP contribution in [0.5, 0.6) is 0 Å². The third kappa shape index (κ3) is 2.09. The summed E-state index contributed by atoms with van der Waals surface area (Å²) in [5.41, 5.74) is -2.08. The first-order valence-corrected chi connectivity index (χ1v) is 5.21. The fourth-order valence-electron chi connectivity index (χ4n) is 1.71. The molecule has 0 saturated heterocycles. The van der Waals surface area contributed by atoms with Gasteiger partial charge in [-0.1, -0.05) is 12.1 Å². The molecule has 2 nitrogen and oxygen atoms in total. The number of pyridine rings is 1. The average molecular weight is 253 g/mol. The molecule has 0 aliphatic heterocycles. The van der Waals surface area contributed by atoms with Crippen LogP contribution in [0.15, 0.2) is 36.7 Å². The normalized spacial score (nSPS) is 14.3. The molecule has 1 unspecified atom stereocenters. The number of benzene rings is 1. The lowest BCUT2D eigenvalue weighted by Gasteiger charge is -2.24. The van der Waals surface area contributed by atoms with Crippen molar-refractivity contribution in [3.63, 3.8) is 0 Å². The van der Waals surface area contributed by atoms with Gasteiger partial charge in [-0.15, -0.1) is 0 Å². The van der Waals surface area contributed by atoms with Crippen molar-refractivity contribution in [2.45, 2.75) is 12.5 Å². The Morgan fingerprint density at radius 3 is 2.56 bits per heavy atom. The van der Waals surface area contributed by atoms with Crippen molar-refractivity contribution >= 4 is 0 Å². The molecule has 1 aromatic heterocycles. The monoisotopic (exact) mass is 253 g/mol. The van der Waals surface area contributed by atoms with Crippen LogP contribution in [0.1, 0.15) is 18.1 Å². The lowest BCUT2D eigenvalue weighted by Crippen LogP contribution is -2.25. The van der Waals surface area contributed by atoms with Crippen LogP contribution in [0.25, 0.3) is 0 Å². The van der Waals surface area contributed by atoms with E-state index in [2.05, 4.69) is 4.98 Å². The Morgan fingerprint density at radius 2 is 1.89 bits per heavy atom. The first kappa shape index (κ1) is 12.6. The molecule has 0 aliphatic rings. The summed E-state index contributed by atoms with van der Waals surface area (Å²) < 4.78 is 39.8. The van der Waals surface area contributed by atoms with Crippen molar-refractivity contribution in [2.24, 2.45) is 0 Å². The molecule has 0 bridgehead atoms. The number of aliphatic hydroxyl groups is 1. The molecule has 0 amide bonds. The summed E-state index contributed by atoms with van der Waals surface area (Å²) in [7, 11) is 0. The second-order valence-corrected chi connectivity index (χ2v) is 4.07. The van der Waals surface area contributed by atoms with Crippen molar-refractivity contribution in [1.29, 1.82) is 0 Å². The molecule has 1 aromatic carbocycles. The van der Waals surface area contributed by atoms with Gasteiger partial charge in [0.2, 0.25) is 0 Å². The number of nitrogens with zero attached hydrogens (tertiary/aromatic N) is 1. The van der Waals surface area contributed by atoms with Crippen LogP contribution >= 0.6 is 0 Å². The molecule has 2 rings (SSSR count). The number of halogens is 3. The van der Waals surface area contributed by atoms with Gasteiger partial charge < -0.3 is 5.11 Å². The predicted octanol–water partition coefficient (Wildman–Crippen LogP) is 2.75. The van der Waals surface area contributed by atoms with Gasteiger partial charge in [-0.3, -0.25) is 4.98 Å². The summed E-state index contributed by atoms with van der Waals surface area (Å²) in [6.07, 6.45) is 2.16. The second kappa shape index (κ2) is 4.42. The number of rotatable bonds is 2. The first-order chi connectivity index (χ1) is 8.43. The average Bonchev–Trinajstić information content (AvgIpc) is 2.32. The lowest BCUT2D eigenvalue weighted by atomic mass is 9.89. The number of aromatic nitrogens is 1. The molecule has 2 aromatic rings. The summed E-state index contributed by atoms with van der Waals surface area (Å²) in [6, 6.07) is 4.48. The van der Waals surface area contributed by atoms with E-state index in [9.17, 15) is 18.3 Å². The Morgan fingerprint density at radius 1 is 1.17 bits per heavy atom. The van der Waals surface area contributed by atoms with E-state index in [-0.39, 0.29) is 11.1 Å². The van der Waals surface area contributed by atoms with Crippen molar-refractivity contribution in [3.8, 4) is 0 Å². The molecule has 0 radical (unpaired) electrons.